The molecule has 0 amide bonds. The molecule has 0 aromatic heterocycles. The molecule has 0 bridgehead atoms. The van der Waals surface area contributed by atoms with Crippen LogP contribution in [0.25, 0.3) is 0 Å². The summed E-state index contributed by atoms with van der Waals surface area (Å²) in [6.45, 7) is 14.7. The van der Waals surface area contributed by atoms with E-state index in [0.717, 1.165) is 11.1 Å². The van der Waals surface area contributed by atoms with Crippen LogP contribution >= 0.6 is 0 Å². The molecule has 8 nitrogen and oxygen atoms in total. The Kier molecular flexibility index (Phi) is 17.9. The van der Waals surface area contributed by atoms with Crippen molar-refractivity contribution in [3.05, 3.63) is 83.7 Å². The molecule has 252 valence electrons. The minimum Gasteiger partial charge on any atom is -0.490 e. The zero-order chi connectivity index (χ0) is 34.3. The lowest BCUT2D eigenvalue weighted by Crippen LogP contribution is -2.45. The van der Waals surface area contributed by atoms with Crippen molar-refractivity contribution in [2.24, 2.45) is 29.6 Å². The maximum atomic E-state index is 13.4. The Hall–Kier alpha value is -3.04. The monoisotopic (exact) mass is 628 g/mol. The third-order valence-corrected chi connectivity index (χ3v) is 8.32. The lowest BCUT2D eigenvalue weighted by atomic mass is 9.84. The number of carbonyl (C=O) groups is 2. The summed E-state index contributed by atoms with van der Waals surface area (Å²) in [5.74, 6) is -3.18. The van der Waals surface area contributed by atoms with Gasteiger partial charge in [-0.05, 0) is 45.3 Å². The van der Waals surface area contributed by atoms with Crippen LogP contribution in [0, 0.1) is 29.6 Å². The Labute approximate surface area is 270 Å². The molecule has 0 saturated heterocycles. The number of ether oxygens (including phenoxy) is 3. The van der Waals surface area contributed by atoms with Crippen LogP contribution in [0.15, 0.2) is 83.7 Å². The molecule has 1 aliphatic heterocycles. The molecule has 1 aliphatic rings. The quantitative estimate of drug-likeness (QED) is 0.149. The van der Waals surface area contributed by atoms with Crippen molar-refractivity contribution in [1.82, 2.24) is 0 Å². The predicted octanol–water partition coefficient (Wildman–Crippen LogP) is 5.82. The Morgan fingerprint density at radius 1 is 1.09 bits per heavy atom. The van der Waals surface area contributed by atoms with Gasteiger partial charge < -0.3 is 29.5 Å². The second-order valence-corrected chi connectivity index (χ2v) is 12.3. The fraction of sp³-hybridized carbons (Fsp3) is 0.568. The molecule has 3 N–H and O–H groups in total. The Balaban J connectivity index is 3.41. The first-order valence-corrected chi connectivity index (χ1v) is 15.8. The van der Waals surface area contributed by atoms with E-state index in [4.69, 9.17) is 14.2 Å². The summed E-state index contributed by atoms with van der Waals surface area (Å²) in [4.78, 5) is 26.5. The second kappa shape index (κ2) is 20.2. The van der Waals surface area contributed by atoms with Gasteiger partial charge in [-0.3, -0.25) is 4.79 Å². The van der Waals surface area contributed by atoms with Crippen molar-refractivity contribution in [2.45, 2.75) is 92.3 Å². The lowest BCUT2D eigenvalue weighted by Gasteiger charge is -2.33. The van der Waals surface area contributed by atoms with E-state index < -0.39 is 48.3 Å². The smallest absolute Gasteiger partial charge is 0.373 e. The summed E-state index contributed by atoms with van der Waals surface area (Å²) < 4.78 is 17.1. The molecule has 45 heavy (non-hydrogen) atoms. The van der Waals surface area contributed by atoms with Crippen molar-refractivity contribution < 1.29 is 39.1 Å². The highest BCUT2D eigenvalue weighted by molar-refractivity contribution is 5.92. The summed E-state index contributed by atoms with van der Waals surface area (Å²) in [7, 11) is 2.85. The van der Waals surface area contributed by atoms with Gasteiger partial charge in [-0.15, -0.1) is 0 Å². The maximum Gasteiger partial charge on any atom is 0.373 e. The SMILES string of the molecule is C/C=C/C=C/C(O)C(C)/C=C/C(=O)[C@@H](C)[C@H](O)[C@H](C)[C@H]1OC(=O)C(OC)=CC(C)=C[C@@H](C)[C@@H](O)[C@@H](C)CC(C)=CC=C[C@@H]1OC. The van der Waals surface area contributed by atoms with Gasteiger partial charge in [0, 0.05) is 30.8 Å². The van der Waals surface area contributed by atoms with Crippen molar-refractivity contribution in [1.29, 1.82) is 0 Å². The average molecular weight is 629 g/mol. The molecular formula is C37H56O8. The highest BCUT2D eigenvalue weighted by Gasteiger charge is 2.38. The topological polar surface area (TPSA) is 123 Å². The molecule has 8 heteroatoms. The van der Waals surface area contributed by atoms with Gasteiger partial charge in [-0.25, -0.2) is 4.79 Å². The predicted molar refractivity (Wildman–Crippen MR) is 179 cm³/mol. The molecule has 0 radical (unpaired) electrons. The highest BCUT2D eigenvalue weighted by Crippen LogP contribution is 2.27. The first-order chi connectivity index (χ1) is 21.2. The van der Waals surface area contributed by atoms with E-state index in [-0.39, 0.29) is 29.3 Å². The normalized spacial score (nSPS) is 27.8. The second-order valence-electron chi connectivity index (χ2n) is 12.3. The first kappa shape index (κ1) is 40.0. The van der Waals surface area contributed by atoms with Gasteiger partial charge in [0.05, 0.1) is 25.4 Å². The summed E-state index contributed by atoms with van der Waals surface area (Å²) in [6.07, 6.45) is 15.4. The summed E-state index contributed by atoms with van der Waals surface area (Å²) in [5, 5.41) is 32.6. The Morgan fingerprint density at radius 3 is 2.36 bits per heavy atom. The Bertz CT molecular complexity index is 1160. The molecule has 0 spiro atoms. The Morgan fingerprint density at radius 2 is 1.76 bits per heavy atom. The van der Waals surface area contributed by atoms with E-state index in [9.17, 15) is 24.9 Å². The van der Waals surface area contributed by atoms with Gasteiger partial charge in [0.2, 0.25) is 5.76 Å². The van der Waals surface area contributed by atoms with Crippen LogP contribution in [-0.4, -0.2) is 71.8 Å². The number of aliphatic hydroxyl groups excluding tert-OH is 3. The number of carbonyl (C=O) groups excluding carboxylic acids is 2. The molecule has 0 aromatic carbocycles. The molecule has 0 fully saturated rings. The van der Waals surface area contributed by atoms with Gasteiger partial charge in [0.25, 0.3) is 0 Å². The molecule has 2 unspecified atom stereocenters. The number of hydrogen-bond acceptors (Lipinski definition) is 8. The number of rotatable bonds is 11. The van der Waals surface area contributed by atoms with E-state index in [1.54, 1.807) is 57.2 Å². The fourth-order valence-electron chi connectivity index (χ4n) is 5.29. The number of cyclic esters (lactones) is 1. The molecular weight excluding hydrogens is 572 g/mol. The lowest BCUT2D eigenvalue weighted by molar-refractivity contribution is -0.162. The van der Waals surface area contributed by atoms with Crippen molar-refractivity contribution in [2.75, 3.05) is 14.2 Å². The van der Waals surface area contributed by atoms with Crippen LogP contribution < -0.4 is 0 Å². The maximum absolute atomic E-state index is 13.4. The fourth-order valence-corrected chi connectivity index (χ4v) is 5.29. The molecule has 0 saturated carbocycles. The van der Waals surface area contributed by atoms with Crippen LogP contribution in [0.1, 0.15) is 61.8 Å². The largest absolute Gasteiger partial charge is 0.490 e. The zero-order valence-corrected chi connectivity index (χ0v) is 28.7. The van der Waals surface area contributed by atoms with E-state index in [1.807, 2.05) is 58.9 Å². The number of esters is 1. The van der Waals surface area contributed by atoms with Crippen molar-refractivity contribution in [3.63, 3.8) is 0 Å². The van der Waals surface area contributed by atoms with Crippen molar-refractivity contribution >= 4 is 11.8 Å². The number of ketones is 1. The van der Waals surface area contributed by atoms with Gasteiger partial charge >= 0.3 is 5.97 Å². The summed E-state index contributed by atoms with van der Waals surface area (Å²) >= 11 is 0. The minimum atomic E-state index is -1.19. The third kappa shape index (κ3) is 13.1. The summed E-state index contributed by atoms with van der Waals surface area (Å²) in [6, 6.07) is 0. The van der Waals surface area contributed by atoms with Crippen LogP contribution in [0.5, 0.6) is 0 Å². The number of hydrogen-bond donors (Lipinski definition) is 3. The number of aliphatic hydroxyl groups is 3. The van der Waals surface area contributed by atoms with Gasteiger partial charge in [0.1, 0.15) is 12.2 Å². The minimum absolute atomic E-state index is 0.00686. The van der Waals surface area contributed by atoms with E-state index in [2.05, 4.69) is 0 Å². The van der Waals surface area contributed by atoms with E-state index in [1.165, 1.54) is 20.3 Å². The average Bonchev–Trinajstić information content (AvgIpc) is 3.01. The van der Waals surface area contributed by atoms with Crippen LogP contribution in [0.3, 0.4) is 0 Å². The van der Waals surface area contributed by atoms with Gasteiger partial charge in [0.15, 0.2) is 5.78 Å². The van der Waals surface area contributed by atoms with Crippen LogP contribution in [0.2, 0.25) is 0 Å². The highest BCUT2D eigenvalue weighted by atomic mass is 16.6. The molecule has 0 aliphatic carbocycles. The number of methoxy groups -OCH3 is 2. The molecule has 0 aromatic rings. The molecule has 10 atom stereocenters. The van der Waals surface area contributed by atoms with Gasteiger partial charge in [-0.1, -0.05) is 100 Å². The molecule has 1 rings (SSSR count). The van der Waals surface area contributed by atoms with Crippen LogP contribution in [0.4, 0.5) is 0 Å². The van der Waals surface area contributed by atoms with E-state index in [0.29, 0.717) is 6.42 Å². The standard InChI is InChI=1S/C37H56O8/c1-11-12-13-16-30(38)25(4)18-19-31(39)28(7)35(41)29(8)36-32(43-9)17-14-15-23(2)20-26(5)34(40)27(6)21-24(3)22-33(44-10)37(42)45-36/h11-19,21-22,25-30,32,34-36,38,40-41H,20H2,1-10H3/b12-11+,16-13+,17-14?,19-18+,23-15?,24-21?,33-22?/t25?,26-,27+,28+,29-,30?,32-,34-,35-,36+/m0/s1. The van der Waals surface area contributed by atoms with Gasteiger partial charge in [-0.2, -0.15) is 0 Å². The number of allylic oxidation sites excluding steroid dienone is 9. The molecule has 1 heterocycles. The van der Waals surface area contributed by atoms with Crippen LogP contribution in [-0.2, 0) is 23.8 Å². The zero-order valence-electron chi connectivity index (χ0n) is 28.7. The summed E-state index contributed by atoms with van der Waals surface area (Å²) in [5.41, 5.74) is 1.77. The van der Waals surface area contributed by atoms with Crippen molar-refractivity contribution in [3.8, 4) is 0 Å². The third-order valence-electron chi connectivity index (χ3n) is 8.32. The van der Waals surface area contributed by atoms with E-state index >= 15 is 0 Å². The first-order valence-electron chi connectivity index (χ1n) is 15.8.